The van der Waals surface area contributed by atoms with Gasteiger partial charge in [0.2, 0.25) is 5.95 Å². The molecule has 0 unspecified atom stereocenters. The van der Waals surface area contributed by atoms with Crippen molar-refractivity contribution in [3.63, 3.8) is 0 Å². The van der Waals surface area contributed by atoms with Crippen LogP contribution in [0.25, 0.3) is 0 Å². The lowest BCUT2D eigenvalue weighted by Crippen LogP contribution is -2.31. The highest BCUT2D eigenvalue weighted by atomic mass is 32.1. The van der Waals surface area contributed by atoms with Crippen LogP contribution in [0.1, 0.15) is 16.3 Å². The van der Waals surface area contributed by atoms with Crippen molar-refractivity contribution in [2.24, 2.45) is 5.92 Å². The molecule has 0 spiro atoms. The fourth-order valence-corrected chi connectivity index (χ4v) is 3.99. The lowest BCUT2D eigenvalue weighted by atomic mass is 10.1. The average Bonchev–Trinajstić information content (AvgIpc) is 3.19. The Bertz CT molecular complexity index is 813. The lowest BCUT2D eigenvalue weighted by molar-refractivity contribution is 0.227. The number of aromatic nitrogens is 5. The zero-order chi connectivity index (χ0) is 17.1. The van der Waals surface area contributed by atoms with E-state index in [1.807, 2.05) is 17.8 Å². The second kappa shape index (κ2) is 7.28. The summed E-state index contributed by atoms with van der Waals surface area (Å²) in [4.78, 5) is 16.7. The molecule has 1 aliphatic rings. The zero-order valence-corrected chi connectivity index (χ0v) is 15.0. The van der Waals surface area contributed by atoms with Gasteiger partial charge in [-0.15, -0.1) is 11.3 Å². The first kappa shape index (κ1) is 16.2. The topological polar surface area (TPSA) is 71.8 Å². The van der Waals surface area contributed by atoms with Crippen molar-refractivity contribution in [1.29, 1.82) is 0 Å². The second-order valence-corrected chi connectivity index (χ2v) is 7.29. The largest absolute Gasteiger partial charge is 0.354 e. The first-order valence-electron chi connectivity index (χ1n) is 8.41. The molecule has 1 aliphatic heterocycles. The van der Waals surface area contributed by atoms with Gasteiger partial charge in [0, 0.05) is 62.1 Å². The molecule has 0 radical (unpaired) electrons. The van der Waals surface area contributed by atoms with Crippen LogP contribution in [0.2, 0.25) is 0 Å². The molecule has 0 aliphatic carbocycles. The summed E-state index contributed by atoms with van der Waals surface area (Å²) in [5, 5.41) is 7.85. The molecule has 4 rings (SSSR count). The van der Waals surface area contributed by atoms with E-state index in [2.05, 4.69) is 47.9 Å². The van der Waals surface area contributed by atoms with Crippen LogP contribution in [0.5, 0.6) is 0 Å². The molecular formula is C17H21N7S. The number of hydrogen-bond donors (Lipinski definition) is 1. The van der Waals surface area contributed by atoms with E-state index in [0.29, 0.717) is 11.9 Å². The predicted octanol–water partition coefficient (Wildman–Crippen LogP) is 2.18. The molecule has 3 aromatic heterocycles. The maximum atomic E-state index is 4.49. The Morgan fingerprint density at radius 2 is 2.08 bits per heavy atom. The highest BCUT2D eigenvalue weighted by Crippen LogP contribution is 2.21. The third-order valence-corrected chi connectivity index (χ3v) is 5.38. The van der Waals surface area contributed by atoms with Gasteiger partial charge in [-0.2, -0.15) is 5.10 Å². The number of nitrogens with zero attached hydrogens (tertiary/aromatic N) is 6. The fourth-order valence-electron chi connectivity index (χ4n) is 3.18. The Labute approximate surface area is 150 Å². The maximum Gasteiger partial charge on any atom is 0.222 e. The molecule has 25 heavy (non-hydrogen) atoms. The van der Waals surface area contributed by atoms with Gasteiger partial charge >= 0.3 is 0 Å². The van der Waals surface area contributed by atoms with Crippen molar-refractivity contribution in [2.45, 2.75) is 26.6 Å². The highest BCUT2D eigenvalue weighted by Gasteiger charge is 2.23. The summed E-state index contributed by atoms with van der Waals surface area (Å²) < 4.78 is 2.12. The smallest absolute Gasteiger partial charge is 0.222 e. The summed E-state index contributed by atoms with van der Waals surface area (Å²) in [7, 11) is 0. The van der Waals surface area contributed by atoms with Crippen molar-refractivity contribution < 1.29 is 0 Å². The number of nitrogens with one attached hydrogen (secondary N) is 1. The quantitative estimate of drug-likeness (QED) is 0.756. The zero-order valence-electron chi connectivity index (χ0n) is 14.2. The van der Waals surface area contributed by atoms with Gasteiger partial charge in [0.05, 0.1) is 16.9 Å². The van der Waals surface area contributed by atoms with Gasteiger partial charge in [-0.25, -0.2) is 15.0 Å². The number of fused-ring (bicyclic) bond motifs is 1. The number of rotatable bonds is 5. The Morgan fingerprint density at radius 3 is 2.88 bits per heavy atom. The van der Waals surface area contributed by atoms with Crippen LogP contribution >= 0.6 is 11.3 Å². The van der Waals surface area contributed by atoms with Gasteiger partial charge in [-0.1, -0.05) is 0 Å². The van der Waals surface area contributed by atoms with Crippen LogP contribution in [0, 0.1) is 12.8 Å². The van der Waals surface area contributed by atoms with Crippen LogP contribution in [-0.4, -0.2) is 42.7 Å². The molecule has 1 atom stereocenters. The van der Waals surface area contributed by atoms with E-state index in [9.17, 15) is 0 Å². The van der Waals surface area contributed by atoms with E-state index in [1.165, 1.54) is 10.6 Å². The van der Waals surface area contributed by atoms with E-state index >= 15 is 0 Å². The third-order valence-electron chi connectivity index (χ3n) is 4.46. The van der Waals surface area contributed by atoms with E-state index in [-0.39, 0.29) is 0 Å². The van der Waals surface area contributed by atoms with Gasteiger partial charge in [-0.3, -0.25) is 9.58 Å². The Kier molecular flexibility index (Phi) is 4.71. The molecule has 0 aromatic carbocycles. The molecule has 4 heterocycles. The lowest BCUT2D eigenvalue weighted by Gasteiger charge is -2.23. The standard InChI is InChI=1S/C17H21N7S/c1-13-16(25-12-21-13)11-23-8-14(7-20-17-18-4-2-5-19-17)9-24-15(10-23)3-6-22-24/h2-6,12,14H,7-11H2,1H3,(H,18,19,20)/t14-/m0/s1. The van der Waals surface area contributed by atoms with Crippen molar-refractivity contribution in [3.05, 3.63) is 52.5 Å². The maximum absolute atomic E-state index is 4.49. The predicted molar refractivity (Wildman–Crippen MR) is 97.2 cm³/mol. The second-order valence-electron chi connectivity index (χ2n) is 6.35. The molecule has 0 saturated carbocycles. The summed E-state index contributed by atoms with van der Waals surface area (Å²) >= 11 is 1.73. The number of anilines is 1. The molecule has 130 valence electrons. The number of thiazole rings is 1. The van der Waals surface area contributed by atoms with Gasteiger partial charge in [0.25, 0.3) is 0 Å². The minimum atomic E-state index is 0.429. The molecule has 8 heteroatoms. The molecule has 0 bridgehead atoms. The van der Waals surface area contributed by atoms with Crippen LogP contribution in [-0.2, 0) is 19.6 Å². The van der Waals surface area contributed by atoms with Gasteiger partial charge in [-0.05, 0) is 19.1 Å². The minimum absolute atomic E-state index is 0.429. The summed E-state index contributed by atoms with van der Waals surface area (Å²) in [5.41, 5.74) is 4.33. The first-order chi connectivity index (χ1) is 12.3. The van der Waals surface area contributed by atoms with E-state index in [1.54, 1.807) is 23.7 Å². The van der Waals surface area contributed by atoms with Crippen LogP contribution < -0.4 is 5.32 Å². The van der Waals surface area contributed by atoms with Crippen LogP contribution in [0.3, 0.4) is 0 Å². The fraction of sp³-hybridized carbons (Fsp3) is 0.412. The monoisotopic (exact) mass is 355 g/mol. The SMILES string of the molecule is Cc1ncsc1CN1Cc2ccnn2C[C@@H](CNc2ncccn2)C1. The molecule has 1 N–H and O–H groups in total. The third kappa shape index (κ3) is 3.85. The highest BCUT2D eigenvalue weighted by molar-refractivity contribution is 7.09. The minimum Gasteiger partial charge on any atom is -0.354 e. The van der Waals surface area contributed by atoms with Gasteiger partial charge in [0.1, 0.15) is 0 Å². The summed E-state index contributed by atoms with van der Waals surface area (Å²) in [6.45, 7) is 6.65. The molecule has 3 aromatic rings. The molecule has 0 saturated heterocycles. The number of aryl methyl sites for hydroxylation is 1. The summed E-state index contributed by atoms with van der Waals surface area (Å²) in [6, 6.07) is 3.94. The molecule has 7 nitrogen and oxygen atoms in total. The average molecular weight is 355 g/mol. The Morgan fingerprint density at radius 1 is 1.20 bits per heavy atom. The summed E-state index contributed by atoms with van der Waals surface area (Å²) in [5.74, 6) is 1.11. The van der Waals surface area contributed by atoms with Crippen molar-refractivity contribution in [1.82, 2.24) is 29.6 Å². The first-order valence-corrected chi connectivity index (χ1v) is 9.29. The number of hydrogen-bond acceptors (Lipinski definition) is 7. The van der Waals surface area contributed by atoms with E-state index in [4.69, 9.17) is 0 Å². The Hall–Kier alpha value is -2.32. The van der Waals surface area contributed by atoms with Crippen molar-refractivity contribution in [3.8, 4) is 0 Å². The normalized spacial score (nSPS) is 17.9. The summed E-state index contributed by atoms with van der Waals surface area (Å²) in [6.07, 6.45) is 5.40. The van der Waals surface area contributed by atoms with Crippen molar-refractivity contribution in [2.75, 3.05) is 18.4 Å². The van der Waals surface area contributed by atoms with Crippen LogP contribution in [0.4, 0.5) is 5.95 Å². The van der Waals surface area contributed by atoms with E-state index < -0.39 is 0 Å². The van der Waals surface area contributed by atoms with Gasteiger partial charge < -0.3 is 5.32 Å². The molecule has 0 fully saturated rings. The van der Waals surface area contributed by atoms with Crippen LogP contribution in [0.15, 0.2) is 36.2 Å². The Balaban J connectivity index is 1.48. The van der Waals surface area contributed by atoms with Gasteiger partial charge in [0.15, 0.2) is 0 Å². The molecular weight excluding hydrogens is 334 g/mol. The molecule has 0 amide bonds. The van der Waals surface area contributed by atoms with Crippen molar-refractivity contribution >= 4 is 17.3 Å². The van der Waals surface area contributed by atoms with E-state index in [0.717, 1.165) is 38.4 Å².